The molecule has 0 aromatic heterocycles. The molecule has 0 aliphatic rings. The zero-order valence-corrected chi connectivity index (χ0v) is 12.1. The largest absolute Gasteiger partial charge is 0.482 e. The van der Waals surface area contributed by atoms with Crippen LogP contribution in [0.1, 0.15) is 28.4 Å². The van der Waals surface area contributed by atoms with Crippen molar-refractivity contribution in [3.8, 4) is 5.75 Å². The Bertz CT molecular complexity index is 680. The van der Waals surface area contributed by atoms with Crippen molar-refractivity contribution >= 4 is 5.78 Å². The third kappa shape index (κ3) is 3.45. The van der Waals surface area contributed by atoms with Gasteiger partial charge in [0.05, 0.1) is 0 Å². The van der Waals surface area contributed by atoms with Crippen LogP contribution in [0.4, 0.5) is 8.78 Å². The molecule has 2 aromatic rings. The van der Waals surface area contributed by atoms with Crippen LogP contribution < -0.4 is 4.74 Å². The van der Waals surface area contributed by atoms with Crippen LogP contribution in [0.25, 0.3) is 0 Å². The monoisotopic (exact) mass is 290 g/mol. The molecule has 0 saturated heterocycles. The minimum absolute atomic E-state index is 0.0895. The van der Waals surface area contributed by atoms with Gasteiger partial charge in [-0.05, 0) is 56.2 Å². The summed E-state index contributed by atoms with van der Waals surface area (Å²) in [6.45, 7) is 5.39. The van der Waals surface area contributed by atoms with Gasteiger partial charge >= 0.3 is 0 Å². The summed E-state index contributed by atoms with van der Waals surface area (Å²) in [5.41, 5.74) is 2.01. The van der Waals surface area contributed by atoms with Crippen LogP contribution in [0.15, 0.2) is 36.4 Å². The highest BCUT2D eigenvalue weighted by Gasteiger charge is 2.19. The number of hydrogen-bond donors (Lipinski definition) is 0. The van der Waals surface area contributed by atoms with Crippen LogP contribution >= 0.6 is 0 Å². The van der Waals surface area contributed by atoms with Gasteiger partial charge < -0.3 is 4.74 Å². The van der Waals surface area contributed by atoms with E-state index < -0.39 is 23.5 Å². The SMILES string of the molecule is Cc1ccc(C)c(OC(C)C(=O)c2ccc(F)c(F)c2)c1. The standard InChI is InChI=1S/C17H16F2O2/c1-10-4-5-11(2)16(8-10)21-12(3)17(20)13-6-7-14(18)15(19)9-13/h4-9,12H,1-3H3. The first-order valence-electron chi connectivity index (χ1n) is 6.61. The maximum Gasteiger partial charge on any atom is 0.203 e. The van der Waals surface area contributed by atoms with Gasteiger partial charge in [-0.3, -0.25) is 4.79 Å². The lowest BCUT2D eigenvalue weighted by Crippen LogP contribution is -2.24. The lowest BCUT2D eigenvalue weighted by molar-refractivity contribution is 0.0816. The Kier molecular flexibility index (Phi) is 4.36. The lowest BCUT2D eigenvalue weighted by Gasteiger charge is -2.16. The van der Waals surface area contributed by atoms with Crippen molar-refractivity contribution in [2.75, 3.05) is 0 Å². The summed E-state index contributed by atoms with van der Waals surface area (Å²) < 4.78 is 31.7. The topological polar surface area (TPSA) is 26.3 Å². The molecule has 0 fully saturated rings. The van der Waals surface area contributed by atoms with Crippen molar-refractivity contribution in [2.45, 2.75) is 26.9 Å². The van der Waals surface area contributed by atoms with Gasteiger partial charge in [0.15, 0.2) is 17.7 Å². The van der Waals surface area contributed by atoms with E-state index in [9.17, 15) is 13.6 Å². The highest BCUT2D eigenvalue weighted by Crippen LogP contribution is 2.21. The first-order chi connectivity index (χ1) is 9.88. The van der Waals surface area contributed by atoms with E-state index >= 15 is 0 Å². The van der Waals surface area contributed by atoms with Gasteiger partial charge in [-0.15, -0.1) is 0 Å². The molecule has 2 nitrogen and oxygen atoms in total. The zero-order valence-electron chi connectivity index (χ0n) is 12.1. The first-order valence-corrected chi connectivity index (χ1v) is 6.61. The Labute approximate surface area is 122 Å². The molecule has 0 bridgehead atoms. The summed E-state index contributed by atoms with van der Waals surface area (Å²) in [6, 6.07) is 8.77. The molecule has 2 aromatic carbocycles. The van der Waals surface area contributed by atoms with E-state index in [4.69, 9.17) is 4.74 Å². The number of Topliss-reactive ketones (excluding diaryl/α,β-unsaturated/α-hetero) is 1. The first kappa shape index (κ1) is 15.2. The van der Waals surface area contributed by atoms with E-state index in [2.05, 4.69) is 0 Å². The number of benzene rings is 2. The van der Waals surface area contributed by atoms with Crippen LogP contribution in [-0.4, -0.2) is 11.9 Å². The summed E-state index contributed by atoms with van der Waals surface area (Å²) in [6.07, 6.45) is -0.782. The average molecular weight is 290 g/mol. The Morgan fingerprint density at radius 2 is 1.76 bits per heavy atom. The Balaban J connectivity index is 2.19. The Morgan fingerprint density at radius 1 is 1.05 bits per heavy atom. The minimum Gasteiger partial charge on any atom is -0.482 e. The van der Waals surface area contributed by atoms with E-state index in [0.717, 1.165) is 23.3 Å². The highest BCUT2D eigenvalue weighted by molar-refractivity contribution is 5.99. The number of ether oxygens (including phenoxy) is 1. The van der Waals surface area contributed by atoms with Gasteiger partial charge in [-0.1, -0.05) is 12.1 Å². The van der Waals surface area contributed by atoms with E-state index in [0.29, 0.717) is 5.75 Å². The van der Waals surface area contributed by atoms with Gasteiger partial charge in [-0.25, -0.2) is 8.78 Å². The van der Waals surface area contributed by atoms with Crippen LogP contribution in [0.5, 0.6) is 5.75 Å². The lowest BCUT2D eigenvalue weighted by atomic mass is 10.1. The molecule has 0 aliphatic heterocycles. The van der Waals surface area contributed by atoms with E-state index in [1.165, 1.54) is 6.07 Å². The summed E-state index contributed by atoms with van der Waals surface area (Å²) in [5, 5.41) is 0. The summed E-state index contributed by atoms with van der Waals surface area (Å²) in [5.74, 6) is -1.80. The quantitative estimate of drug-likeness (QED) is 0.788. The predicted octanol–water partition coefficient (Wildman–Crippen LogP) is 4.23. The molecule has 0 amide bonds. The molecule has 4 heteroatoms. The highest BCUT2D eigenvalue weighted by atomic mass is 19.2. The van der Waals surface area contributed by atoms with Crippen LogP contribution in [0, 0.1) is 25.5 Å². The van der Waals surface area contributed by atoms with E-state index in [1.54, 1.807) is 6.92 Å². The Morgan fingerprint density at radius 3 is 2.43 bits per heavy atom. The summed E-state index contributed by atoms with van der Waals surface area (Å²) in [7, 11) is 0. The van der Waals surface area contributed by atoms with Crippen molar-refractivity contribution in [2.24, 2.45) is 0 Å². The van der Waals surface area contributed by atoms with Crippen LogP contribution in [0.3, 0.4) is 0 Å². The van der Waals surface area contributed by atoms with Gasteiger partial charge in [0.2, 0.25) is 5.78 Å². The third-order valence-electron chi connectivity index (χ3n) is 3.22. The fourth-order valence-electron chi connectivity index (χ4n) is 1.96. The van der Waals surface area contributed by atoms with Gasteiger partial charge in [0, 0.05) is 5.56 Å². The molecule has 0 spiro atoms. The van der Waals surface area contributed by atoms with Gasteiger partial charge in [-0.2, -0.15) is 0 Å². The molecule has 0 N–H and O–H groups in total. The van der Waals surface area contributed by atoms with Crippen molar-refractivity contribution in [3.05, 3.63) is 64.7 Å². The zero-order chi connectivity index (χ0) is 15.6. The maximum atomic E-state index is 13.2. The summed E-state index contributed by atoms with van der Waals surface area (Å²) >= 11 is 0. The molecule has 21 heavy (non-hydrogen) atoms. The summed E-state index contributed by atoms with van der Waals surface area (Å²) in [4.78, 5) is 12.2. The smallest absolute Gasteiger partial charge is 0.203 e. The van der Waals surface area contributed by atoms with E-state index in [-0.39, 0.29) is 5.56 Å². The van der Waals surface area contributed by atoms with Crippen molar-refractivity contribution < 1.29 is 18.3 Å². The number of carbonyl (C=O) groups excluding carboxylic acids is 1. The molecule has 110 valence electrons. The Hall–Kier alpha value is -2.23. The normalized spacial score (nSPS) is 12.0. The average Bonchev–Trinajstić information content (AvgIpc) is 2.45. The molecule has 1 unspecified atom stereocenters. The fourth-order valence-corrected chi connectivity index (χ4v) is 1.96. The number of carbonyl (C=O) groups is 1. The van der Waals surface area contributed by atoms with Crippen molar-refractivity contribution in [1.82, 2.24) is 0 Å². The number of halogens is 2. The van der Waals surface area contributed by atoms with Crippen molar-refractivity contribution in [1.29, 1.82) is 0 Å². The van der Waals surface area contributed by atoms with Gasteiger partial charge in [0.25, 0.3) is 0 Å². The van der Waals surface area contributed by atoms with E-state index in [1.807, 2.05) is 32.0 Å². The maximum absolute atomic E-state index is 13.2. The third-order valence-corrected chi connectivity index (χ3v) is 3.22. The second-order valence-electron chi connectivity index (χ2n) is 5.02. The fraction of sp³-hybridized carbons (Fsp3) is 0.235. The second kappa shape index (κ2) is 6.04. The molecule has 0 saturated carbocycles. The minimum atomic E-state index is -1.04. The molecule has 1 atom stereocenters. The molecule has 0 aliphatic carbocycles. The van der Waals surface area contributed by atoms with Gasteiger partial charge in [0.1, 0.15) is 5.75 Å². The predicted molar refractivity (Wildman–Crippen MR) is 76.7 cm³/mol. The molecule has 2 rings (SSSR count). The van der Waals surface area contributed by atoms with Crippen LogP contribution in [-0.2, 0) is 0 Å². The second-order valence-corrected chi connectivity index (χ2v) is 5.02. The molecule has 0 radical (unpaired) electrons. The molecule has 0 heterocycles. The molecular weight excluding hydrogens is 274 g/mol. The number of ketones is 1. The van der Waals surface area contributed by atoms with Crippen molar-refractivity contribution in [3.63, 3.8) is 0 Å². The molecular formula is C17H16F2O2. The number of rotatable bonds is 4. The van der Waals surface area contributed by atoms with Crippen LogP contribution in [0.2, 0.25) is 0 Å². The number of hydrogen-bond acceptors (Lipinski definition) is 2. The number of aryl methyl sites for hydroxylation is 2.